The average Bonchev–Trinajstić information content (AvgIpc) is 1.96. The van der Waals surface area contributed by atoms with E-state index in [0.29, 0.717) is 0 Å². The lowest BCUT2D eigenvalue weighted by Crippen LogP contribution is -2.19. The second kappa shape index (κ2) is 4.09. The summed E-state index contributed by atoms with van der Waals surface area (Å²) in [5, 5.41) is 8.51. The molecule has 1 rings (SSSR count). The first-order chi connectivity index (χ1) is 7.20. The van der Waals surface area contributed by atoms with Crippen molar-refractivity contribution in [3.8, 4) is 5.75 Å². The van der Waals surface area contributed by atoms with Gasteiger partial charge in [-0.1, -0.05) is 11.6 Å². The first-order valence-corrected chi connectivity index (χ1v) is 4.16. The molecule has 0 saturated heterocycles. The van der Waals surface area contributed by atoms with Crippen LogP contribution in [0.2, 0.25) is 5.02 Å². The number of carboxylic acid groups (broad SMARTS) is 1. The summed E-state index contributed by atoms with van der Waals surface area (Å²) in [6, 6.07) is 1.75. The van der Waals surface area contributed by atoms with Crippen LogP contribution in [0, 0.1) is 0 Å². The molecule has 0 fully saturated rings. The molecule has 1 aromatic rings. The zero-order valence-electron chi connectivity index (χ0n) is 7.51. The van der Waals surface area contributed by atoms with Crippen molar-refractivity contribution in [3.63, 3.8) is 0 Å². The van der Waals surface area contributed by atoms with Gasteiger partial charge < -0.3 is 15.6 Å². The molecule has 0 unspecified atom stereocenters. The molecule has 3 N–H and O–H groups in total. The van der Waals surface area contributed by atoms with E-state index in [-0.39, 0.29) is 5.02 Å². The van der Waals surface area contributed by atoms with Gasteiger partial charge in [0, 0.05) is 11.1 Å². The highest BCUT2D eigenvalue weighted by Gasteiger charge is 2.33. The fraction of sp³-hybridized carbons (Fsp3) is 0.125. The van der Waals surface area contributed by atoms with Crippen LogP contribution in [-0.4, -0.2) is 17.4 Å². The van der Waals surface area contributed by atoms with E-state index in [4.69, 9.17) is 22.4 Å². The van der Waals surface area contributed by atoms with E-state index < -0.39 is 29.3 Å². The smallest absolute Gasteiger partial charge is 0.477 e. The van der Waals surface area contributed by atoms with Gasteiger partial charge in [-0.25, -0.2) is 4.79 Å². The van der Waals surface area contributed by atoms with E-state index >= 15 is 0 Å². The third-order valence-corrected chi connectivity index (χ3v) is 1.76. The number of hydrogen-bond acceptors (Lipinski definition) is 3. The fourth-order valence-corrected chi connectivity index (χ4v) is 1.25. The van der Waals surface area contributed by atoms with Crippen molar-refractivity contribution in [2.45, 2.75) is 6.36 Å². The molecule has 0 aliphatic heterocycles. The highest BCUT2D eigenvalue weighted by molar-refractivity contribution is 6.31. The van der Waals surface area contributed by atoms with E-state index in [2.05, 4.69) is 4.74 Å². The molecule has 0 saturated carbocycles. The average molecular weight is 256 g/mol. The summed E-state index contributed by atoms with van der Waals surface area (Å²) < 4.78 is 39.4. The second-order valence-electron chi connectivity index (χ2n) is 2.72. The minimum Gasteiger partial charge on any atom is -0.477 e. The number of anilines is 1. The summed E-state index contributed by atoms with van der Waals surface area (Å²) in [7, 11) is 0. The van der Waals surface area contributed by atoms with Crippen molar-refractivity contribution in [2.24, 2.45) is 0 Å². The number of carboxylic acids is 1. The number of ether oxygens (including phenoxy) is 1. The SMILES string of the molecule is Nc1cc(Cl)cc(OC(F)(F)F)c1C(=O)O. The fourth-order valence-electron chi connectivity index (χ4n) is 1.04. The van der Waals surface area contributed by atoms with Gasteiger partial charge in [0.2, 0.25) is 0 Å². The summed E-state index contributed by atoms with van der Waals surface area (Å²) in [4.78, 5) is 10.7. The minimum atomic E-state index is -5.01. The third kappa shape index (κ3) is 2.93. The van der Waals surface area contributed by atoms with E-state index in [1.54, 1.807) is 0 Å². The molecular weight excluding hydrogens is 251 g/mol. The molecular formula is C8H5ClF3NO3. The molecule has 0 atom stereocenters. The maximum Gasteiger partial charge on any atom is 0.573 e. The van der Waals surface area contributed by atoms with Gasteiger partial charge in [0.05, 0.1) is 5.69 Å². The number of benzene rings is 1. The molecule has 0 aliphatic carbocycles. The Morgan fingerprint density at radius 3 is 2.44 bits per heavy atom. The van der Waals surface area contributed by atoms with Gasteiger partial charge >= 0.3 is 12.3 Å². The van der Waals surface area contributed by atoms with Crippen LogP contribution in [0.25, 0.3) is 0 Å². The number of hydrogen-bond donors (Lipinski definition) is 2. The Labute approximate surface area is 92.4 Å². The van der Waals surface area contributed by atoms with Gasteiger partial charge in [0.25, 0.3) is 0 Å². The van der Waals surface area contributed by atoms with Crippen molar-refractivity contribution in [3.05, 3.63) is 22.7 Å². The first kappa shape index (κ1) is 12.4. The number of alkyl halides is 3. The maximum atomic E-state index is 11.9. The quantitative estimate of drug-likeness (QED) is 0.797. The van der Waals surface area contributed by atoms with Crippen LogP contribution in [-0.2, 0) is 0 Å². The number of rotatable bonds is 2. The highest BCUT2D eigenvalue weighted by atomic mass is 35.5. The Bertz CT molecular complexity index is 433. The first-order valence-electron chi connectivity index (χ1n) is 3.79. The Kier molecular flexibility index (Phi) is 3.18. The summed E-state index contributed by atoms with van der Waals surface area (Å²) in [6.07, 6.45) is -5.01. The number of halogens is 4. The van der Waals surface area contributed by atoms with Gasteiger partial charge in [0.15, 0.2) is 0 Å². The molecule has 8 heteroatoms. The van der Waals surface area contributed by atoms with Gasteiger partial charge in [-0.3, -0.25) is 0 Å². The Morgan fingerprint density at radius 1 is 1.44 bits per heavy atom. The standard InChI is InChI=1S/C8H5ClF3NO3/c9-3-1-4(13)6(7(14)15)5(2-3)16-8(10,11)12/h1-2H,13H2,(H,14,15). The molecule has 4 nitrogen and oxygen atoms in total. The van der Waals surface area contributed by atoms with Crippen LogP contribution in [0.15, 0.2) is 12.1 Å². The topological polar surface area (TPSA) is 72.5 Å². The monoisotopic (exact) mass is 255 g/mol. The van der Waals surface area contributed by atoms with Crippen molar-refractivity contribution >= 4 is 23.3 Å². The summed E-state index contributed by atoms with van der Waals surface area (Å²) >= 11 is 5.44. The zero-order chi connectivity index (χ0) is 12.5. The summed E-state index contributed by atoms with van der Waals surface area (Å²) in [5.41, 5.74) is 4.05. The Balaban J connectivity index is 3.30. The predicted octanol–water partition coefficient (Wildman–Crippen LogP) is 2.52. The van der Waals surface area contributed by atoms with Gasteiger partial charge in [-0.2, -0.15) is 0 Å². The van der Waals surface area contributed by atoms with Gasteiger partial charge in [-0.05, 0) is 6.07 Å². The molecule has 0 aromatic heterocycles. The molecule has 88 valence electrons. The lowest BCUT2D eigenvalue weighted by Gasteiger charge is -2.12. The highest BCUT2D eigenvalue weighted by Crippen LogP contribution is 2.33. The van der Waals surface area contributed by atoms with Crippen LogP contribution < -0.4 is 10.5 Å². The molecule has 0 bridgehead atoms. The Hall–Kier alpha value is -1.63. The molecule has 1 aromatic carbocycles. The molecule has 0 radical (unpaired) electrons. The summed E-state index contributed by atoms with van der Waals surface area (Å²) in [6.45, 7) is 0. The normalized spacial score (nSPS) is 11.2. The molecule has 16 heavy (non-hydrogen) atoms. The van der Waals surface area contributed by atoms with Crippen LogP contribution >= 0.6 is 11.6 Å². The van der Waals surface area contributed by atoms with E-state index in [1.165, 1.54) is 0 Å². The largest absolute Gasteiger partial charge is 0.573 e. The zero-order valence-corrected chi connectivity index (χ0v) is 8.26. The van der Waals surface area contributed by atoms with E-state index in [9.17, 15) is 18.0 Å². The lowest BCUT2D eigenvalue weighted by atomic mass is 10.1. The molecule has 0 amide bonds. The van der Waals surface area contributed by atoms with Crippen molar-refractivity contribution in [2.75, 3.05) is 5.73 Å². The molecule has 0 heterocycles. The van der Waals surface area contributed by atoms with Crippen molar-refractivity contribution in [1.82, 2.24) is 0 Å². The number of nitrogens with two attached hydrogens (primary N) is 1. The van der Waals surface area contributed by atoms with E-state index in [0.717, 1.165) is 12.1 Å². The number of nitrogen functional groups attached to an aromatic ring is 1. The second-order valence-corrected chi connectivity index (χ2v) is 3.16. The molecule has 0 spiro atoms. The third-order valence-electron chi connectivity index (χ3n) is 1.54. The van der Waals surface area contributed by atoms with Gasteiger partial charge in [0.1, 0.15) is 11.3 Å². The number of carbonyl (C=O) groups is 1. The van der Waals surface area contributed by atoms with Crippen LogP contribution in [0.5, 0.6) is 5.75 Å². The van der Waals surface area contributed by atoms with Crippen molar-refractivity contribution < 1.29 is 27.8 Å². The van der Waals surface area contributed by atoms with Crippen LogP contribution in [0.3, 0.4) is 0 Å². The van der Waals surface area contributed by atoms with Crippen LogP contribution in [0.1, 0.15) is 10.4 Å². The predicted molar refractivity (Wildman–Crippen MR) is 49.5 cm³/mol. The maximum absolute atomic E-state index is 11.9. The number of aromatic carboxylic acids is 1. The Morgan fingerprint density at radius 2 is 2.00 bits per heavy atom. The van der Waals surface area contributed by atoms with Crippen molar-refractivity contribution in [1.29, 1.82) is 0 Å². The lowest BCUT2D eigenvalue weighted by molar-refractivity contribution is -0.274. The minimum absolute atomic E-state index is 0.151. The van der Waals surface area contributed by atoms with Gasteiger partial charge in [-0.15, -0.1) is 13.2 Å². The summed E-state index contributed by atoms with van der Waals surface area (Å²) in [5.74, 6) is -2.57. The van der Waals surface area contributed by atoms with Crippen LogP contribution in [0.4, 0.5) is 18.9 Å². The van der Waals surface area contributed by atoms with E-state index in [1.807, 2.05) is 0 Å². The molecule has 0 aliphatic rings.